The molecule has 0 unspecified atom stereocenters. The van der Waals surface area contributed by atoms with Crippen molar-refractivity contribution in [3.05, 3.63) is 52.9 Å². The first-order valence-corrected chi connectivity index (χ1v) is 11.5. The Balaban J connectivity index is 1.36. The molecule has 2 aromatic carbocycles. The molecule has 0 saturated carbocycles. The molecule has 5 rings (SSSR count). The molecule has 1 saturated heterocycles. The lowest BCUT2D eigenvalue weighted by molar-refractivity contribution is 0.209. The molecule has 4 aromatic rings. The molecule has 31 heavy (non-hydrogen) atoms. The molecule has 2 aromatic heterocycles. The Hall–Kier alpha value is -2.37. The minimum Gasteiger partial charge on any atom is -0.346 e. The zero-order valence-electron chi connectivity index (χ0n) is 18.1. The molecule has 1 fully saturated rings. The number of H-pyrrole nitrogens is 1. The van der Waals surface area contributed by atoms with Gasteiger partial charge in [0.05, 0.1) is 16.1 Å². The van der Waals surface area contributed by atoms with E-state index in [1.807, 2.05) is 6.20 Å². The van der Waals surface area contributed by atoms with Gasteiger partial charge in [-0.2, -0.15) is 0 Å². The fourth-order valence-corrected chi connectivity index (χ4v) is 5.08. The van der Waals surface area contributed by atoms with Gasteiger partial charge in [-0.3, -0.25) is 0 Å². The molecule has 0 spiro atoms. The molecule has 0 radical (unpaired) electrons. The number of imidazole rings is 1. The number of aromatic nitrogens is 3. The zero-order valence-corrected chi connectivity index (χ0v) is 18.8. The lowest BCUT2D eigenvalue weighted by Crippen LogP contribution is -2.30. The second kappa shape index (κ2) is 8.29. The quantitative estimate of drug-likeness (QED) is 0.391. The SMILES string of the molecule is Cc1c(F)ccc2[nH]c(-c3ccc4c(c3)c(Cl)cn4CCCC3CCN(C)CC3)nc12. The van der Waals surface area contributed by atoms with E-state index in [2.05, 4.69) is 44.7 Å². The number of hydrogen-bond donors (Lipinski definition) is 1. The molecule has 3 heterocycles. The maximum Gasteiger partial charge on any atom is 0.138 e. The van der Waals surface area contributed by atoms with E-state index in [9.17, 15) is 4.39 Å². The van der Waals surface area contributed by atoms with Crippen molar-refractivity contribution in [1.29, 1.82) is 0 Å². The normalized spacial score (nSPS) is 16.0. The summed E-state index contributed by atoms with van der Waals surface area (Å²) in [4.78, 5) is 10.4. The molecule has 0 amide bonds. The summed E-state index contributed by atoms with van der Waals surface area (Å²) in [5.41, 5.74) is 4.18. The molecule has 162 valence electrons. The van der Waals surface area contributed by atoms with Crippen molar-refractivity contribution < 1.29 is 4.39 Å². The molecule has 4 nitrogen and oxygen atoms in total. The zero-order chi connectivity index (χ0) is 21.5. The van der Waals surface area contributed by atoms with Crippen LogP contribution in [0, 0.1) is 18.7 Å². The van der Waals surface area contributed by atoms with Crippen LogP contribution >= 0.6 is 11.6 Å². The molecule has 0 bridgehead atoms. The summed E-state index contributed by atoms with van der Waals surface area (Å²) in [5.74, 6) is 1.35. The number of nitrogens with one attached hydrogen (secondary N) is 1. The van der Waals surface area contributed by atoms with E-state index in [1.165, 1.54) is 44.8 Å². The number of rotatable bonds is 5. The van der Waals surface area contributed by atoms with E-state index in [0.29, 0.717) is 11.1 Å². The van der Waals surface area contributed by atoms with E-state index in [1.54, 1.807) is 13.0 Å². The molecule has 6 heteroatoms. The first-order valence-electron chi connectivity index (χ1n) is 11.1. The summed E-state index contributed by atoms with van der Waals surface area (Å²) >= 11 is 6.60. The van der Waals surface area contributed by atoms with Crippen LogP contribution in [0.15, 0.2) is 36.5 Å². The van der Waals surface area contributed by atoms with Gasteiger partial charge in [0.25, 0.3) is 0 Å². The Kier molecular flexibility index (Phi) is 5.49. The largest absolute Gasteiger partial charge is 0.346 e. The fraction of sp³-hybridized carbons (Fsp3) is 0.400. The topological polar surface area (TPSA) is 36.9 Å². The van der Waals surface area contributed by atoms with Crippen molar-refractivity contribution in [3.63, 3.8) is 0 Å². The van der Waals surface area contributed by atoms with Crippen LogP contribution in [-0.4, -0.2) is 39.6 Å². The molecule has 1 aliphatic rings. The summed E-state index contributed by atoms with van der Waals surface area (Å²) in [6.07, 6.45) is 7.12. The highest BCUT2D eigenvalue weighted by Crippen LogP contribution is 2.32. The van der Waals surface area contributed by atoms with Crippen LogP contribution in [0.5, 0.6) is 0 Å². The van der Waals surface area contributed by atoms with Gasteiger partial charge in [0.2, 0.25) is 0 Å². The molecular weight excluding hydrogens is 411 g/mol. The summed E-state index contributed by atoms with van der Waals surface area (Å²) < 4.78 is 16.2. The Labute approximate surface area is 187 Å². The average Bonchev–Trinajstić information content (AvgIpc) is 3.34. The minimum absolute atomic E-state index is 0.235. The summed E-state index contributed by atoms with van der Waals surface area (Å²) in [5, 5.41) is 1.79. The van der Waals surface area contributed by atoms with E-state index in [-0.39, 0.29) is 5.82 Å². The van der Waals surface area contributed by atoms with E-state index < -0.39 is 0 Å². The summed E-state index contributed by atoms with van der Waals surface area (Å²) in [6.45, 7) is 5.19. The fourth-order valence-electron chi connectivity index (χ4n) is 4.81. The van der Waals surface area contributed by atoms with Gasteiger partial charge in [-0.05, 0) is 89.0 Å². The van der Waals surface area contributed by atoms with Crippen LogP contribution in [0.25, 0.3) is 33.3 Å². The third kappa shape index (κ3) is 3.97. The standard InChI is InChI=1S/C25H28ClFN4/c1-16-21(27)6-7-22-24(16)29-25(28-22)18-5-8-23-19(14-18)20(26)15-31(23)11-3-4-17-9-12-30(2)13-10-17/h5-8,14-15,17H,3-4,9-13H2,1-2H3,(H,28,29). The second-order valence-corrected chi connectivity index (χ2v) is 9.35. The van der Waals surface area contributed by atoms with Gasteiger partial charge in [-0.15, -0.1) is 0 Å². The number of piperidine rings is 1. The lowest BCUT2D eigenvalue weighted by Gasteiger charge is -2.28. The van der Waals surface area contributed by atoms with Crippen molar-refractivity contribution >= 4 is 33.5 Å². The van der Waals surface area contributed by atoms with Gasteiger partial charge in [-0.1, -0.05) is 11.6 Å². The number of aryl methyl sites for hydroxylation is 2. The van der Waals surface area contributed by atoms with Crippen molar-refractivity contribution in [2.75, 3.05) is 20.1 Å². The van der Waals surface area contributed by atoms with Gasteiger partial charge in [-0.25, -0.2) is 9.37 Å². The van der Waals surface area contributed by atoms with Crippen LogP contribution in [0.3, 0.4) is 0 Å². The number of fused-ring (bicyclic) bond motifs is 2. The van der Waals surface area contributed by atoms with Gasteiger partial charge < -0.3 is 14.5 Å². The molecule has 1 N–H and O–H groups in total. The number of aromatic amines is 1. The van der Waals surface area contributed by atoms with Gasteiger partial charge in [0.15, 0.2) is 0 Å². The van der Waals surface area contributed by atoms with Gasteiger partial charge in [0, 0.05) is 34.8 Å². The van der Waals surface area contributed by atoms with Gasteiger partial charge in [0.1, 0.15) is 11.6 Å². The van der Waals surface area contributed by atoms with Crippen LogP contribution in [0.1, 0.15) is 31.2 Å². The number of likely N-dealkylation sites (tertiary alicyclic amines) is 1. The highest BCUT2D eigenvalue weighted by Gasteiger charge is 2.17. The van der Waals surface area contributed by atoms with Crippen molar-refractivity contribution in [2.24, 2.45) is 5.92 Å². The third-order valence-electron chi connectivity index (χ3n) is 6.80. The Morgan fingerprint density at radius 3 is 2.81 bits per heavy atom. The first kappa shape index (κ1) is 20.5. The Morgan fingerprint density at radius 2 is 2.00 bits per heavy atom. The number of benzene rings is 2. The maximum absolute atomic E-state index is 13.9. The smallest absolute Gasteiger partial charge is 0.138 e. The maximum atomic E-state index is 13.9. The predicted molar refractivity (Wildman–Crippen MR) is 126 cm³/mol. The average molecular weight is 439 g/mol. The number of nitrogens with zero attached hydrogens (tertiary/aromatic N) is 3. The minimum atomic E-state index is -0.235. The third-order valence-corrected chi connectivity index (χ3v) is 7.10. The van der Waals surface area contributed by atoms with Crippen molar-refractivity contribution in [3.8, 4) is 11.4 Å². The molecule has 0 aliphatic carbocycles. The number of hydrogen-bond acceptors (Lipinski definition) is 2. The van der Waals surface area contributed by atoms with Crippen molar-refractivity contribution in [2.45, 2.75) is 39.2 Å². The van der Waals surface area contributed by atoms with Crippen LogP contribution < -0.4 is 0 Å². The Morgan fingerprint density at radius 1 is 1.19 bits per heavy atom. The van der Waals surface area contributed by atoms with Crippen LogP contribution in [0.4, 0.5) is 4.39 Å². The summed E-state index contributed by atoms with van der Waals surface area (Å²) in [7, 11) is 2.21. The Bertz CT molecular complexity index is 1230. The second-order valence-electron chi connectivity index (χ2n) is 8.95. The molecule has 1 aliphatic heterocycles. The monoisotopic (exact) mass is 438 g/mol. The van der Waals surface area contributed by atoms with Gasteiger partial charge >= 0.3 is 0 Å². The van der Waals surface area contributed by atoms with E-state index in [0.717, 1.165) is 45.3 Å². The van der Waals surface area contributed by atoms with Crippen molar-refractivity contribution in [1.82, 2.24) is 19.4 Å². The van der Waals surface area contributed by atoms with Crippen LogP contribution in [0.2, 0.25) is 5.02 Å². The first-order chi connectivity index (χ1) is 15.0. The van der Waals surface area contributed by atoms with E-state index >= 15 is 0 Å². The predicted octanol–water partition coefficient (Wildman–Crippen LogP) is 6.41. The van der Waals surface area contributed by atoms with Crippen LogP contribution in [-0.2, 0) is 6.54 Å². The van der Waals surface area contributed by atoms with E-state index in [4.69, 9.17) is 11.6 Å². The lowest BCUT2D eigenvalue weighted by atomic mass is 9.92. The highest BCUT2D eigenvalue weighted by molar-refractivity contribution is 6.35. The molecular formula is C25H28ClFN4. The molecule has 0 atom stereocenters. The number of halogens is 2. The highest BCUT2D eigenvalue weighted by atomic mass is 35.5. The summed E-state index contributed by atoms with van der Waals surface area (Å²) in [6, 6.07) is 9.47.